The molecule has 0 aliphatic rings. The van der Waals surface area contributed by atoms with Crippen LogP contribution in [0.25, 0.3) is 0 Å². The average molecular weight is 379 g/mol. The summed E-state index contributed by atoms with van der Waals surface area (Å²) in [7, 11) is -5.17. The van der Waals surface area contributed by atoms with E-state index in [1.807, 2.05) is 0 Å². The topological polar surface area (TPSA) is 115 Å². The predicted molar refractivity (Wildman–Crippen MR) is 15.5 cm³/mol. The standard InChI is InChI=1S/2Cs.H3N.H2O4S/c;;;1-5(2,3)4/h;;1H3;(H2,1,2,3,4)/q2*+1;;/p-2. The van der Waals surface area contributed by atoms with Crippen LogP contribution >= 0.6 is 0 Å². The first kappa shape index (κ1) is 22.7. The van der Waals surface area contributed by atoms with Gasteiger partial charge in [0.1, 0.15) is 0 Å². The van der Waals surface area contributed by atoms with Crippen LogP contribution in [-0.4, -0.2) is 17.5 Å². The van der Waals surface area contributed by atoms with Gasteiger partial charge in [-0.05, 0) is 0 Å². The van der Waals surface area contributed by atoms with E-state index >= 15 is 0 Å². The van der Waals surface area contributed by atoms with Crippen molar-refractivity contribution in [3.05, 3.63) is 0 Å². The third-order valence-corrected chi connectivity index (χ3v) is 0. The van der Waals surface area contributed by atoms with E-state index in [2.05, 4.69) is 0 Å². The molecule has 5 nitrogen and oxygen atoms in total. The van der Waals surface area contributed by atoms with Crippen molar-refractivity contribution in [2.45, 2.75) is 0 Å². The van der Waals surface area contributed by atoms with Gasteiger partial charge in [0.25, 0.3) is 0 Å². The van der Waals surface area contributed by atoms with Crippen LogP contribution in [0.3, 0.4) is 0 Å². The minimum atomic E-state index is -5.17. The van der Waals surface area contributed by atoms with Crippen LogP contribution < -0.4 is 144 Å². The molecule has 3 N–H and O–H groups in total. The molecule has 0 heterocycles. The van der Waals surface area contributed by atoms with Crippen molar-refractivity contribution < 1.29 is 155 Å². The van der Waals surface area contributed by atoms with E-state index in [4.69, 9.17) is 17.5 Å². The summed E-state index contributed by atoms with van der Waals surface area (Å²) < 4.78 is 34.1. The Morgan fingerprint density at radius 1 is 1.00 bits per heavy atom. The molecule has 0 saturated carbocycles. The van der Waals surface area contributed by atoms with Crippen molar-refractivity contribution in [1.29, 1.82) is 0 Å². The van der Waals surface area contributed by atoms with Gasteiger partial charge in [0, 0.05) is 10.4 Å². The van der Waals surface area contributed by atoms with Crippen molar-refractivity contribution in [3.8, 4) is 0 Å². The van der Waals surface area contributed by atoms with Gasteiger partial charge in [0.05, 0.1) is 0 Å². The number of hydrogen-bond donors (Lipinski definition) is 1. The molecule has 0 spiro atoms. The molecule has 0 radical (unpaired) electrons. The van der Waals surface area contributed by atoms with Crippen LogP contribution in [0.15, 0.2) is 0 Å². The largest absolute Gasteiger partial charge is 1.00 e. The second-order valence-electron chi connectivity index (χ2n) is 0.408. The predicted octanol–water partition coefficient (Wildman–Crippen LogP) is -7.17. The first-order valence-corrected chi connectivity index (χ1v) is 2.00. The van der Waals surface area contributed by atoms with Crippen LogP contribution in [-0.2, 0) is 10.4 Å². The zero-order valence-electron chi connectivity index (χ0n) is 4.75. The Hall–Kier alpha value is 3.93. The van der Waals surface area contributed by atoms with Gasteiger partial charge in [-0.2, -0.15) is 0 Å². The third-order valence-electron chi connectivity index (χ3n) is 0. The Kier molecular flexibility index (Phi) is 31.0. The summed E-state index contributed by atoms with van der Waals surface area (Å²) in [4.78, 5) is 0. The Balaban J connectivity index is -0.0000000267. The smallest absolute Gasteiger partial charge is 0.759 e. The van der Waals surface area contributed by atoms with Gasteiger partial charge in [-0.1, -0.05) is 0 Å². The van der Waals surface area contributed by atoms with Crippen LogP contribution in [0, 0.1) is 0 Å². The first-order valence-electron chi connectivity index (χ1n) is 0.667. The molecule has 8 heteroatoms. The molecule has 0 aliphatic heterocycles. The van der Waals surface area contributed by atoms with Crippen molar-refractivity contribution in [2.24, 2.45) is 0 Å². The molecular weight excluding hydrogens is 376 g/mol. The van der Waals surface area contributed by atoms with Crippen molar-refractivity contribution in [2.75, 3.05) is 0 Å². The van der Waals surface area contributed by atoms with Crippen molar-refractivity contribution in [3.63, 3.8) is 0 Å². The van der Waals surface area contributed by atoms with E-state index in [9.17, 15) is 0 Å². The average Bonchev–Trinajstić information content (AvgIpc) is 0.722. The van der Waals surface area contributed by atoms with Gasteiger partial charge in [-0.25, -0.2) is 0 Å². The third kappa shape index (κ3) is 51.2. The molecule has 0 rings (SSSR count). The summed E-state index contributed by atoms with van der Waals surface area (Å²) in [5, 5.41) is 0. The van der Waals surface area contributed by atoms with Gasteiger partial charge >= 0.3 is 138 Å². The Bertz CT molecular complexity index is 97.2. The maximum absolute atomic E-state index is 8.52. The van der Waals surface area contributed by atoms with Crippen LogP contribution in [0.4, 0.5) is 0 Å². The molecule has 0 unspecified atom stereocenters. The van der Waals surface area contributed by atoms with Gasteiger partial charge < -0.3 is 15.3 Å². The zero-order chi connectivity index (χ0) is 4.50. The quantitative estimate of drug-likeness (QED) is 0.332. The maximum atomic E-state index is 8.52. The van der Waals surface area contributed by atoms with Crippen molar-refractivity contribution in [1.82, 2.24) is 6.15 Å². The minimum Gasteiger partial charge on any atom is -0.759 e. The fourth-order valence-electron chi connectivity index (χ4n) is 0. The molecule has 0 bridgehead atoms. The molecule has 0 aliphatic carbocycles. The second-order valence-corrected chi connectivity index (χ2v) is 1.22. The molecule has 0 aromatic carbocycles. The summed E-state index contributed by atoms with van der Waals surface area (Å²) in [6.07, 6.45) is 0. The molecular formula is H3Cs2NO4S. The molecule has 0 atom stereocenters. The Morgan fingerprint density at radius 2 is 1.00 bits per heavy atom. The van der Waals surface area contributed by atoms with Crippen LogP contribution in [0.2, 0.25) is 0 Å². The monoisotopic (exact) mass is 379 g/mol. The van der Waals surface area contributed by atoms with Gasteiger partial charge in [-0.3, -0.25) is 8.42 Å². The van der Waals surface area contributed by atoms with E-state index < -0.39 is 10.4 Å². The molecule has 0 fully saturated rings. The number of rotatable bonds is 0. The van der Waals surface area contributed by atoms with Crippen LogP contribution in [0.1, 0.15) is 0 Å². The Morgan fingerprint density at radius 3 is 1.00 bits per heavy atom. The van der Waals surface area contributed by atoms with E-state index in [0.29, 0.717) is 0 Å². The zero-order valence-corrected chi connectivity index (χ0v) is 18.1. The maximum Gasteiger partial charge on any atom is 1.00 e. The summed E-state index contributed by atoms with van der Waals surface area (Å²) in [6.45, 7) is 0. The first-order chi connectivity index (χ1) is 2.00. The van der Waals surface area contributed by atoms with E-state index in [1.165, 1.54) is 0 Å². The SMILES string of the molecule is N.O=S(=O)([O-])[O-].[Cs+].[Cs+]. The molecule has 8 heavy (non-hydrogen) atoms. The summed E-state index contributed by atoms with van der Waals surface area (Å²) in [5.41, 5.74) is 0. The molecule has 0 saturated heterocycles. The molecule has 0 aromatic rings. The molecule has 0 aromatic heterocycles. The fourth-order valence-corrected chi connectivity index (χ4v) is 0. The molecule has 40 valence electrons. The van der Waals surface area contributed by atoms with Crippen LogP contribution in [0.5, 0.6) is 0 Å². The fraction of sp³-hybridized carbons (Fsp3) is 0. The summed E-state index contributed by atoms with van der Waals surface area (Å²) in [5.74, 6) is 0. The number of hydrogen-bond acceptors (Lipinski definition) is 5. The normalized spacial score (nSPS) is 7.25. The van der Waals surface area contributed by atoms with Gasteiger partial charge in [-0.15, -0.1) is 0 Å². The van der Waals surface area contributed by atoms with Crippen molar-refractivity contribution >= 4 is 10.4 Å². The van der Waals surface area contributed by atoms with Gasteiger partial charge in [0.15, 0.2) is 0 Å². The minimum absolute atomic E-state index is 0. The molecule has 0 amide bonds. The summed E-state index contributed by atoms with van der Waals surface area (Å²) in [6, 6.07) is 0. The van der Waals surface area contributed by atoms with E-state index in [-0.39, 0.29) is 144 Å². The summed E-state index contributed by atoms with van der Waals surface area (Å²) >= 11 is 0. The Labute approximate surface area is 166 Å². The van der Waals surface area contributed by atoms with E-state index in [1.54, 1.807) is 0 Å². The second kappa shape index (κ2) is 10.9. The van der Waals surface area contributed by atoms with Gasteiger partial charge in [0.2, 0.25) is 0 Å². The van der Waals surface area contributed by atoms with E-state index in [0.717, 1.165) is 0 Å².